The Morgan fingerprint density at radius 1 is 1.11 bits per heavy atom. The second-order valence-corrected chi connectivity index (χ2v) is 6.16. The van der Waals surface area contributed by atoms with Gasteiger partial charge in [-0.1, -0.05) is 32.0 Å². The highest BCUT2D eigenvalue weighted by Gasteiger charge is 2.35. The van der Waals surface area contributed by atoms with Crippen molar-refractivity contribution in [2.75, 3.05) is 4.72 Å². The summed E-state index contributed by atoms with van der Waals surface area (Å²) in [5.41, 5.74) is 1.07. The number of para-hydroxylation sites is 1. The van der Waals surface area contributed by atoms with Crippen molar-refractivity contribution in [1.29, 1.82) is 0 Å². The van der Waals surface area contributed by atoms with Crippen LogP contribution >= 0.6 is 11.9 Å². The molecule has 1 aliphatic carbocycles. The highest BCUT2D eigenvalue weighted by Crippen LogP contribution is 2.34. The van der Waals surface area contributed by atoms with E-state index in [-0.39, 0.29) is 17.0 Å². The summed E-state index contributed by atoms with van der Waals surface area (Å²) in [5, 5.41) is 1.63. The minimum Gasteiger partial charge on any atom is -0.326 e. The molecule has 0 amide bonds. The standard InChI is InChI=1S/C15H17NO2S/c1-15(2)8-13(17)12(14(18)9-15)10-19-16-11-6-4-3-5-7-11/h3-7,10,16H,8-9H2,1-2H3. The summed E-state index contributed by atoms with van der Waals surface area (Å²) in [4.78, 5) is 23.9. The third-order valence-corrected chi connectivity index (χ3v) is 3.71. The number of benzene rings is 1. The van der Waals surface area contributed by atoms with Crippen LogP contribution in [0.25, 0.3) is 0 Å². The van der Waals surface area contributed by atoms with Gasteiger partial charge in [0.05, 0.1) is 5.57 Å². The van der Waals surface area contributed by atoms with Gasteiger partial charge in [-0.2, -0.15) is 0 Å². The summed E-state index contributed by atoms with van der Waals surface area (Å²) in [5.74, 6) is -0.104. The third kappa shape index (κ3) is 3.70. The van der Waals surface area contributed by atoms with Gasteiger partial charge in [0.25, 0.3) is 0 Å². The summed E-state index contributed by atoms with van der Waals surface area (Å²) < 4.78 is 3.09. The van der Waals surface area contributed by atoms with E-state index in [2.05, 4.69) is 4.72 Å². The molecule has 19 heavy (non-hydrogen) atoms. The summed E-state index contributed by atoms with van der Waals surface area (Å²) in [6.45, 7) is 3.91. The van der Waals surface area contributed by atoms with Crippen LogP contribution in [0.3, 0.4) is 0 Å². The molecule has 0 unspecified atom stereocenters. The minimum absolute atomic E-state index is 0.0522. The maximum atomic E-state index is 11.9. The number of anilines is 1. The molecule has 0 radical (unpaired) electrons. The second-order valence-electron chi connectivity index (χ2n) is 5.48. The fraction of sp³-hybridized carbons (Fsp3) is 0.333. The SMILES string of the molecule is CC1(C)CC(=O)C(=CSNc2ccccc2)C(=O)C1. The van der Waals surface area contributed by atoms with E-state index >= 15 is 0 Å². The summed E-state index contributed by atoms with van der Waals surface area (Å²) >= 11 is 1.27. The average molecular weight is 275 g/mol. The Morgan fingerprint density at radius 2 is 1.68 bits per heavy atom. The molecule has 0 aromatic heterocycles. The van der Waals surface area contributed by atoms with Gasteiger partial charge in [-0.05, 0) is 29.5 Å². The van der Waals surface area contributed by atoms with Gasteiger partial charge in [-0.3, -0.25) is 9.59 Å². The molecule has 0 spiro atoms. The Labute approximate surface area is 117 Å². The number of hydrogen-bond donors (Lipinski definition) is 1. The van der Waals surface area contributed by atoms with Crippen molar-refractivity contribution in [2.45, 2.75) is 26.7 Å². The van der Waals surface area contributed by atoms with E-state index in [1.165, 1.54) is 11.9 Å². The highest BCUT2D eigenvalue weighted by atomic mass is 32.2. The molecule has 0 aliphatic heterocycles. The van der Waals surface area contributed by atoms with Crippen LogP contribution in [-0.2, 0) is 9.59 Å². The normalized spacial score (nSPS) is 18.3. The molecule has 0 bridgehead atoms. The Morgan fingerprint density at radius 3 is 2.26 bits per heavy atom. The quantitative estimate of drug-likeness (QED) is 0.520. The van der Waals surface area contributed by atoms with Crippen molar-refractivity contribution in [3.05, 3.63) is 41.3 Å². The molecule has 1 fully saturated rings. The fourth-order valence-electron chi connectivity index (χ4n) is 2.07. The number of carbonyl (C=O) groups is 2. The van der Waals surface area contributed by atoms with E-state index in [1.54, 1.807) is 5.41 Å². The monoisotopic (exact) mass is 275 g/mol. The first kappa shape index (κ1) is 13.9. The smallest absolute Gasteiger partial charge is 0.167 e. The maximum Gasteiger partial charge on any atom is 0.167 e. The molecular weight excluding hydrogens is 258 g/mol. The lowest BCUT2D eigenvalue weighted by Crippen LogP contribution is -2.31. The zero-order valence-corrected chi connectivity index (χ0v) is 11.9. The molecule has 100 valence electrons. The maximum absolute atomic E-state index is 11.9. The van der Waals surface area contributed by atoms with Gasteiger partial charge < -0.3 is 4.72 Å². The van der Waals surface area contributed by atoms with Crippen molar-refractivity contribution in [3.63, 3.8) is 0 Å². The van der Waals surface area contributed by atoms with Crippen LogP contribution in [0.5, 0.6) is 0 Å². The first-order valence-corrected chi connectivity index (χ1v) is 7.09. The summed E-state index contributed by atoms with van der Waals surface area (Å²) in [6.07, 6.45) is 0.882. The van der Waals surface area contributed by atoms with Gasteiger partial charge in [0.1, 0.15) is 0 Å². The van der Waals surface area contributed by atoms with Crippen LogP contribution in [0.2, 0.25) is 0 Å². The first-order chi connectivity index (χ1) is 8.98. The van der Waals surface area contributed by atoms with Gasteiger partial charge in [-0.15, -0.1) is 0 Å². The van der Waals surface area contributed by atoms with Crippen molar-refractivity contribution in [1.82, 2.24) is 0 Å². The van der Waals surface area contributed by atoms with Crippen LogP contribution in [0.15, 0.2) is 41.3 Å². The number of hydrogen-bond acceptors (Lipinski definition) is 4. The lowest BCUT2D eigenvalue weighted by Gasteiger charge is -2.28. The Bertz CT molecular complexity index is 498. The molecule has 1 aliphatic rings. The Kier molecular flexibility index (Phi) is 4.10. The molecule has 2 rings (SSSR count). The van der Waals surface area contributed by atoms with E-state index in [1.807, 2.05) is 44.2 Å². The number of rotatable bonds is 3. The molecule has 1 saturated carbocycles. The number of Topliss-reactive ketones (excluding diaryl/α,β-unsaturated/α-hetero) is 2. The van der Waals surface area contributed by atoms with Crippen molar-refractivity contribution in [3.8, 4) is 0 Å². The van der Waals surface area contributed by atoms with Gasteiger partial charge in [0, 0.05) is 23.9 Å². The lowest BCUT2D eigenvalue weighted by molar-refractivity contribution is -0.127. The molecule has 0 saturated heterocycles. The van der Waals surface area contributed by atoms with E-state index in [9.17, 15) is 9.59 Å². The van der Waals surface area contributed by atoms with Gasteiger partial charge in [0.15, 0.2) is 11.6 Å². The highest BCUT2D eigenvalue weighted by molar-refractivity contribution is 8.03. The van der Waals surface area contributed by atoms with Crippen LogP contribution in [0, 0.1) is 5.41 Å². The van der Waals surface area contributed by atoms with E-state index < -0.39 is 0 Å². The molecule has 1 aromatic rings. The van der Waals surface area contributed by atoms with Crippen LogP contribution in [0.4, 0.5) is 5.69 Å². The van der Waals surface area contributed by atoms with Crippen LogP contribution < -0.4 is 4.72 Å². The van der Waals surface area contributed by atoms with E-state index in [0.717, 1.165) is 5.69 Å². The van der Waals surface area contributed by atoms with Gasteiger partial charge in [-0.25, -0.2) is 0 Å². The first-order valence-electron chi connectivity index (χ1n) is 6.21. The number of carbonyl (C=O) groups excluding carboxylic acids is 2. The number of nitrogens with one attached hydrogen (secondary N) is 1. The third-order valence-electron chi connectivity index (χ3n) is 3.01. The summed E-state index contributed by atoms with van der Waals surface area (Å²) in [7, 11) is 0. The lowest BCUT2D eigenvalue weighted by atomic mass is 9.74. The molecular formula is C15H17NO2S. The largest absolute Gasteiger partial charge is 0.326 e. The van der Waals surface area contributed by atoms with Gasteiger partial charge >= 0.3 is 0 Å². The zero-order chi connectivity index (χ0) is 13.9. The fourth-order valence-corrected chi connectivity index (χ4v) is 2.78. The topological polar surface area (TPSA) is 46.2 Å². The minimum atomic E-state index is -0.205. The van der Waals surface area contributed by atoms with Crippen molar-refractivity contribution < 1.29 is 9.59 Å². The molecule has 0 atom stereocenters. The van der Waals surface area contributed by atoms with Crippen molar-refractivity contribution >= 4 is 29.2 Å². The Hall–Kier alpha value is -1.55. The predicted octanol–water partition coefficient (Wildman–Crippen LogP) is 3.59. The second kappa shape index (κ2) is 5.61. The molecule has 4 heteroatoms. The molecule has 1 N–H and O–H groups in total. The van der Waals surface area contributed by atoms with E-state index in [0.29, 0.717) is 18.4 Å². The average Bonchev–Trinajstić information content (AvgIpc) is 2.32. The molecule has 3 nitrogen and oxygen atoms in total. The molecule has 0 heterocycles. The summed E-state index contributed by atoms with van der Waals surface area (Å²) in [6, 6.07) is 9.65. The van der Waals surface area contributed by atoms with Crippen LogP contribution in [0.1, 0.15) is 26.7 Å². The van der Waals surface area contributed by atoms with Gasteiger partial charge in [0.2, 0.25) is 0 Å². The van der Waals surface area contributed by atoms with E-state index in [4.69, 9.17) is 0 Å². The number of allylic oxidation sites excluding steroid dienone is 1. The van der Waals surface area contributed by atoms with Crippen molar-refractivity contribution in [2.24, 2.45) is 5.41 Å². The predicted molar refractivity (Wildman–Crippen MR) is 78.8 cm³/mol. The zero-order valence-electron chi connectivity index (χ0n) is 11.1. The Balaban J connectivity index is 2.00. The molecule has 1 aromatic carbocycles. The van der Waals surface area contributed by atoms with Crippen LogP contribution in [-0.4, -0.2) is 11.6 Å². The number of ketones is 2.